The van der Waals surface area contributed by atoms with E-state index in [-0.39, 0.29) is 24.1 Å². The van der Waals surface area contributed by atoms with Crippen LogP contribution < -0.4 is 10.6 Å². The van der Waals surface area contributed by atoms with E-state index in [2.05, 4.69) is 30.6 Å². The Bertz CT molecular complexity index is 705. The van der Waals surface area contributed by atoms with Crippen LogP contribution in [-0.4, -0.2) is 38.7 Å². The fourth-order valence-corrected chi connectivity index (χ4v) is 2.11. The highest BCUT2D eigenvalue weighted by Crippen LogP contribution is 2.25. The Morgan fingerprint density at radius 3 is 2.36 bits per heavy atom. The SMILES string of the molecule is CCCNc1nc(NC(CC)C(F)(F)F)nc(-c2cccc(C)n2)n1. The maximum Gasteiger partial charge on any atom is 0.408 e. The molecule has 6 nitrogen and oxygen atoms in total. The number of hydrogen-bond donors (Lipinski definition) is 2. The van der Waals surface area contributed by atoms with E-state index in [0.717, 1.165) is 12.1 Å². The van der Waals surface area contributed by atoms with Crippen LogP contribution in [0.1, 0.15) is 32.4 Å². The van der Waals surface area contributed by atoms with E-state index in [1.54, 1.807) is 12.1 Å². The molecular formula is C16H21F3N6. The minimum atomic E-state index is -4.39. The molecule has 0 aromatic carbocycles. The minimum Gasteiger partial charge on any atom is -0.354 e. The zero-order valence-corrected chi connectivity index (χ0v) is 14.4. The largest absolute Gasteiger partial charge is 0.408 e. The van der Waals surface area contributed by atoms with Crippen molar-refractivity contribution in [3.8, 4) is 11.5 Å². The summed E-state index contributed by atoms with van der Waals surface area (Å²) in [6.07, 6.45) is -3.70. The topological polar surface area (TPSA) is 75.6 Å². The summed E-state index contributed by atoms with van der Waals surface area (Å²) < 4.78 is 39.1. The van der Waals surface area contributed by atoms with Gasteiger partial charge in [-0.3, -0.25) is 0 Å². The molecule has 25 heavy (non-hydrogen) atoms. The number of aryl methyl sites for hydroxylation is 1. The standard InChI is InChI=1S/C16H21F3N6/c1-4-9-20-14-23-13(11-8-6-7-10(3)21-11)24-15(25-14)22-12(5-2)16(17,18)19/h6-8,12H,4-5,9H2,1-3H3,(H2,20,22,23,24,25). The fraction of sp³-hybridized carbons (Fsp3) is 0.500. The van der Waals surface area contributed by atoms with E-state index in [1.807, 2.05) is 19.9 Å². The Morgan fingerprint density at radius 2 is 1.76 bits per heavy atom. The molecule has 0 spiro atoms. The van der Waals surface area contributed by atoms with Crippen LogP contribution in [0.25, 0.3) is 11.5 Å². The van der Waals surface area contributed by atoms with E-state index in [1.165, 1.54) is 6.92 Å². The maximum absolute atomic E-state index is 13.0. The zero-order valence-electron chi connectivity index (χ0n) is 14.4. The van der Waals surface area contributed by atoms with Crippen molar-refractivity contribution in [1.29, 1.82) is 0 Å². The van der Waals surface area contributed by atoms with Crippen molar-refractivity contribution in [2.75, 3.05) is 17.2 Å². The number of nitrogens with zero attached hydrogens (tertiary/aromatic N) is 4. The molecule has 0 radical (unpaired) electrons. The molecule has 0 aliphatic heterocycles. The van der Waals surface area contributed by atoms with Crippen molar-refractivity contribution < 1.29 is 13.2 Å². The van der Waals surface area contributed by atoms with Gasteiger partial charge < -0.3 is 10.6 Å². The highest BCUT2D eigenvalue weighted by molar-refractivity contribution is 5.54. The van der Waals surface area contributed by atoms with Gasteiger partial charge in [0.15, 0.2) is 5.82 Å². The lowest BCUT2D eigenvalue weighted by atomic mass is 10.2. The third kappa shape index (κ3) is 5.27. The predicted molar refractivity (Wildman–Crippen MR) is 90.3 cm³/mol. The number of alkyl halides is 3. The van der Waals surface area contributed by atoms with E-state index in [0.29, 0.717) is 12.2 Å². The van der Waals surface area contributed by atoms with Crippen LogP contribution in [0.3, 0.4) is 0 Å². The zero-order chi connectivity index (χ0) is 18.4. The van der Waals surface area contributed by atoms with Gasteiger partial charge in [0, 0.05) is 12.2 Å². The molecule has 1 unspecified atom stereocenters. The first-order chi connectivity index (χ1) is 11.8. The van der Waals surface area contributed by atoms with Gasteiger partial charge in [0.05, 0.1) is 0 Å². The molecular weight excluding hydrogens is 333 g/mol. The second-order valence-electron chi connectivity index (χ2n) is 5.54. The number of pyridine rings is 1. The molecule has 2 heterocycles. The lowest BCUT2D eigenvalue weighted by Gasteiger charge is -2.20. The Morgan fingerprint density at radius 1 is 1.04 bits per heavy atom. The van der Waals surface area contributed by atoms with Crippen molar-refractivity contribution in [1.82, 2.24) is 19.9 Å². The van der Waals surface area contributed by atoms with E-state index in [4.69, 9.17) is 0 Å². The molecule has 9 heteroatoms. The van der Waals surface area contributed by atoms with E-state index >= 15 is 0 Å². The monoisotopic (exact) mass is 354 g/mol. The first kappa shape index (κ1) is 18.9. The molecule has 0 aliphatic rings. The summed E-state index contributed by atoms with van der Waals surface area (Å²) >= 11 is 0. The molecule has 0 saturated heterocycles. The van der Waals surface area contributed by atoms with Crippen molar-refractivity contribution in [3.05, 3.63) is 23.9 Å². The first-order valence-electron chi connectivity index (χ1n) is 8.10. The van der Waals surface area contributed by atoms with Gasteiger partial charge in [-0.1, -0.05) is 19.9 Å². The maximum atomic E-state index is 13.0. The lowest BCUT2D eigenvalue weighted by molar-refractivity contribution is -0.143. The highest BCUT2D eigenvalue weighted by atomic mass is 19.4. The number of hydrogen-bond acceptors (Lipinski definition) is 6. The summed E-state index contributed by atoms with van der Waals surface area (Å²) in [6, 6.07) is 3.58. The average Bonchev–Trinajstić information content (AvgIpc) is 2.56. The minimum absolute atomic E-state index is 0.129. The fourth-order valence-electron chi connectivity index (χ4n) is 2.11. The van der Waals surface area contributed by atoms with Gasteiger partial charge in [-0.25, -0.2) is 4.98 Å². The van der Waals surface area contributed by atoms with Crippen LogP contribution in [0, 0.1) is 6.92 Å². The highest BCUT2D eigenvalue weighted by Gasteiger charge is 2.38. The molecule has 0 amide bonds. The quantitative estimate of drug-likeness (QED) is 0.787. The molecule has 0 bridgehead atoms. The van der Waals surface area contributed by atoms with Crippen LogP contribution in [0.2, 0.25) is 0 Å². The number of nitrogens with one attached hydrogen (secondary N) is 2. The summed E-state index contributed by atoms with van der Waals surface area (Å²) in [5.74, 6) is 0.308. The third-order valence-corrected chi connectivity index (χ3v) is 3.39. The second-order valence-corrected chi connectivity index (χ2v) is 5.54. The molecule has 2 aromatic heterocycles. The van der Waals surface area contributed by atoms with Gasteiger partial charge in [0.25, 0.3) is 0 Å². The first-order valence-corrected chi connectivity index (χ1v) is 8.10. The second kappa shape index (κ2) is 8.09. The predicted octanol–water partition coefficient (Wildman–Crippen LogP) is 3.82. The molecule has 2 rings (SSSR count). The number of anilines is 2. The summed E-state index contributed by atoms with van der Waals surface area (Å²) in [6.45, 7) is 5.83. The Hall–Kier alpha value is -2.45. The van der Waals surface area contributed by atoms with Gasteiger partial charge in [-0.2, -0.15) is 28.1 Å². The number of halogens is 3. The van der Waals surface area contributed by atoms with Gasteiger partial charge in [-0.15, -0.1) is 0 Å². The Kier molecular flexibility index (Phi) is 6.11. The molecule has 2 N–H and O–H groups in total. The summed E-state index contributed by atoms with van der Waals surface area (Å²) in [5, 5.41) is 5.33. The molecule has 136 valence electrons. The number of rotatable bonds is 7. The summed E-state index contributed by atoms with van der Waals surface area (Å²) in [5.41, 5.74) is 1.24. The smallest absolute Gasteiger partial charge is 0.354 e. The molecule has 0 saturated carbocycles. The van der Waals surface area contributed by atoms with Crippen LogP contribution >= 0.6 is 0 Å². The van der Waals surface area contributed by atoms with Crippen LogP contribution in [-0.2, 0) is 0 Å². The van der Waals surface area contributed by atoms with Gasteiger partial charge in [0.1, 0.15) is 11.7 Å². The van der Waals surface area contributed by atoms with Gasteiger partial charge in [-0.05, 0) is 31.9 Å². The third-order valence-electron chi connectivity index (χ3n) is 3.39. The molecule has 1 atom stereocenters. The normalized spacial score (nSPS) is 12.7. The van der Waals surface area contributed by atoms with E-state index < -0.39 is 12.2 Å². The Labute approximate surface area is 144 Å². The molecule has 0 aliphatic carbocycles. The Balaban J connectivity index is 2.39. The van der Waals surface area contributed by atoms with Crippen molar-refractivity contribution in [2.45, 2.75) is 45.8 Å². The lowest BCUT2D eigenvalue weighted by Crippen LogP contribution is -2.36. The van der Waals surface area contributed by atoms with Crippen LogP contribution in [0.4, 0.5) is 25.1 Å². The van der Waals surface area contributed by atoms with Crippen molar-refractivity contribution >= 4 is 11.9 Å². The van der Waals surface area contributed by atoms with Crippen molar-refractivity contribution in [2.24, 2.45) is 0 Å². The summed E-state index contributed by atoms with van der Waals surface area (Å²) in [7, 11) is 0. The average molecular weight is 354 g/mol. The molecule has 0 fully saturated rings. The van der Waals surface area contributed by atoms with Crippen molar-refractivity contribution in [3.63, 3.8) is 0 Å². The number of aromatic nitrogens is 4. The molecule has 2 aromatic rings. The van der Waals surface area contributed by atoms with E-state index in [9.17, 15) is 13.2 Å². The van der Waals surface area contributed by atoms with Crippen LogP contribution in [0.15, 0.2) is 18.2 Å². The van der Waals surface area contributed by atoms with Gasteiger partial charge >= 0.3 is 6.18 Å². The van der Waals surface area contributed by atoms with Gasteiger partial charge in [0.2, 0.25) is 11.9 Å². The van der Waals surface area contributed by atoms with Crippen LogP contribution in [0.5, 0.6) is 0 Å². The summed E-state index contributed by atoms with van der Waals surface area (Å²) in [4.78, 5) is 16.8.